The first-order valence-corrected chi connectivity index (χ1v) is 10.8. The molecule has 0 nitrogen and oxygen atoms in total. The summed E-state index contributed by atoms with van der Waals surface area (Å²) in [6.07, 6.45) is 13.7. The van der Waals surface area contributed by atoms with Gasteiger partial charge in [-0.25, -0.2) is 16.8 Å². The Bertz CT molecular complexity index is 600. The van der Waals surface area contributed by atoms with Gasteiger partial charge < -0.3 is 37.2 Å². The summed E-state index contributed by atoms with van der Waals surface area (Å²) in [6.45, 7) is 7.08. The van der Waals surface area contributed by atoms with Crippen molar-refractivity contribution in [2.75, 3.05) is 0 Å². The average Bonchev–Trinajstić information content (AvgIpc) is 2.92. The SMILES string of the molecule is CC(C)(C)C1=C([SiH2]c2ccccc2)CC(CC2CCCCC2)=[C-]1.[Cl-].[Cl-].[Cl-].[Ti+4]. The zero-order chi connectivity index (χ0) is 16.3. The average molecular weight is 478 g/mol. The molecule has 1 saturated carbocycles. The van der Waals surface area contributed by atoms with Gasteiger partial charge in [0.2, 0.25) is 0 Å². The predicted molar refractivity (Wildman–Crippen MR) is 104 cm³/mol. The molecular formula is C22H31Cl3SiTi. The molecule has 0 N–H and O–H groups in total. The predicted octanol–water partition coefficient (Wildman–Crippen LogP) is -4.11. The molecule has 0 amide bonds. The molecule has 2 aliphatic rings. The number of rotatable bonds is 4. The van der Waals surface area contributed by atoms with E-state index in [1.54, 1.807) is 21.5 Å². The van der Waals surface area contributed by atoms with Gasteiger partial charge in [0, 0.05) is 0 Å². The van der Waals surface area contributed by atoms with Gasteiger partial charge in [-0.15, -0.1) is 0 Å². The van der Waals surface area contributed by atoms with Gasteiger partial charge >= 0.3 is 21.7 Å². The Morgan fingerprint density at radius 2 is 1.56 bits per heavy atom. The molecule has 0 unspecified atom stereocenters. The Morgan fingerprint density at radius 1 is 0.963 bits per heavy atom. The Morgan fingerprint density at radius 3 is 2.11 bits per heavy atom. The molecule has 27 heavy (non-hydrogen) atoms. The number of benzene rings is 1. The molecule has 0 saturated heterocycles. The maximum atomic E-state index is 3.88. The summed E-state index contributed by atoms with van der Waals surface area (Å²) in [5.74, 6) is 0.935. The summed E-state index contributed by atoms with van der Waals surface area (Å²) < 4.78 is 0. The Labute approximate surface area is 202 Å². The second-order valence-corrected chi connectivity index (χ2v) is 10.5. The van der Waals surface area contributed by atoms with E-state index in [0.717, 1.165) is 5.92 Å². The van der Waals surface area contributed by atoms with Crippen LogP contribution in [0.25, 0.3) is 0 Å². The van der Waals surface area contributed by atoms with Crippen LogP contribution in [-0.2, 0) is 21.7 Å². The van der Waals surface area contributed by atoms with Crippen LogP contribution in [0.3, 0.4) is 0 Å². The maximum Gasteiger partial charge on any atom is 4.00 e. The fourth-order valence-electron chi connectivity index (χ4n) is 4.23. The van der Waals surface area contributed by atoms with E-state index in [-0.39, 0.29) is 73.9 Å². The van der Waals surface area contributed by atoms with Gasteiger partial charge in [-0.1, -0.05) is 94.8 Å². The molecule has 148 valence electrons. The Balaban J connectivity index is 0. The molecule has 0 bridgehead atoms. The van der Waals surface area contributed by atoms with Crippen molar-refractivity contribution < 1.29 is 58.9 Å². The van der Waals surface area contributed by atoms with Crippen LogP contribution in [0.5, 0.6) is 0 Å². The molecule has 2 aliphatic carbocycles. The fraction of sp³-hybridized carbons (Fsp3) is 0.545. The first kappa shape index (κ1) is 29.7. The summed E-state index contributed by atoms with van der Waals surface area (Å²) in [4.78, 5) is 0. The van der Waals surface area contributed by atoms with Crippen molar-refractivity contribution >= 4 is 14.7 Å². The second-order valence-electron chi connectivity index (χ2n) is 8.50. The monoisotopic (exact) mass is 476 g/mol. The van der Waals surface area contributed by atoms with Crippen molar-refractivity contribution in [1.82, 2.24) is 0 Å². The molecule has 1 aromatic rings. The molecule has 1 fully saturated rings. The van der Waals surface area contributed by atoms with E-state index in [1.165, 1.54) is 44.9 Å². The van der Waals surface area contributed by atoms with Crippen molar-refractivity contribution in [2.24, 2.45) is 11.3 Å². The number of hydrogen-bond acceptors (Lipinski definition) is 0. The fourth-order valence-corrected chi connectivity index (χ4v) is 6.45. The number of halogens is 3. The van der Waals surface area contributed by atoms with Gasteiger partial charge in [0.05, 0.1) is 0 Å². The van der Waals surface area contributed by atoms with E-state index in [9.17, 15) is 0 Å². The summed E-state index contributed by atoms with van der Waals surface area (Å²) >= 11 is 0. The third-order valence-corrected chi connectivity index (χ3v) is 7.26. The van der Waals surface area contributed by atoms with Crippen LogP contribution in [0.2, 0.25) is 0 Å². The van der Waals surface area contributed by atoms with E-state index in [2.05, 4.69) is 57.2 Å². The van der Waals surface area contributed by atoms with E-state index in [4.69, 9.17) is 0 Å². The third kappa shape index (κ3) is 8.81. The van der Waals surface area contributed by atoms with Crippen molar-refractivity contribution in [3.63, 3.8) is 0 Å². The smallest absolute Gasteiger partial charge is 1.00 e. The second kappa shape index (κ2) is 13.7. The summed E-state index contributed by atoms with van der Waals surface area (Å²) in [6, 6.07) is 11.1. The van der Waals surface area contributed by atoms with Crippen molar-refractivity contribution in [2.45, 2.75) is 65.7 Å². The first-order valence-electron chi connectivity index (χ1n) is 9.40. The van der Waals surface area contributed by atoms with Crippen LogP contribution >= 0.6 is 0 Å². The Hall–Kier alpha value is 0.501. The van der Waals surface area contributed by atoms with Crippen LogP contribution < -0.4 is 42.4 Å². The van der Waals surface area contributed by atoms with Crippen LogP contribution in [-0.4, -0.2) is 9.52 Å². The molecule has 0 radical (unpaired) electrons. The topological polar surface area (TPSA) is 0 Å². The zero-order valence-corrected chi connectivity index (χ0v) is 22.0. The third-order valence-electron chi connectivity index (χ3n) is 5.35. The van der Waals surface area contributed by atoms with Gasteiger partial charge in [-0.3, -0.25) is 0 Å². The minimum Gasteiger partial charge on any atom is -1.00 e. The van der Waals surface area contributed by atoms with Gasteiger partial charge in [0.25, 0.3) is 0 Å². The van der Waals surface area contributed by atoms with E-state index >= 15 is 0 Å². The van der Waals surface area contributed by atoms with Crippen LogP contribution in [0.1, 0.15) is 65.7 Å². The number of hydrogen-bond donors (Lipinski definition) is 0. The molecule has 0 spiro atoms. The minimum absolute atomic E-state index is 0. The van der Waals surface area contributed by atoms with Crippen molar-refractivity contribution in [3.8, 4) is 0 Å². The largest absolute Gasteiger partial charge is 4.00 e. The quantitative estimate of drug-likeness (QED) is 0.306. The maximum absolute atomic E-state index is 3.88. The van der Waals surface area contributed by atoms with Crippen LogP contribution in [0, 0.1) is 17.4 Å². The van der Waals surface area contributed by atoms with Gasteiger partial charge in [0.1, 0.15) is 0 Å². The number of allylic oxidation sites excluding steroid dienone is 4. The summed E-state index contributed by atoms with van der Waals surface area (Å²) in [5.41, 5.74) is 3.39. The first-order chi connectivity index (χ1) is 11.0. The molecule has 0 aliphatic heterocycles. The molecular weight excluding hydrogens is 447 g/mol. The van der Waals surface area contributed by atoms with Gasteiger partial charge in [0.15, 0.2) is 0 Å². The zero-order valence-electron chi connectivity index (χ0n) is 16.8. The van der Waals surface area contributed by atoms with Gasteiger partial charge in [-0.2, -0.15) is 5.57 Å². The molecule has 0 heterocycles. The molecule has 1 aromatic carbocycles. The Kier molecular flexibility index (Phi) is 15.0. The van der Waals surface area contributed by atoms with Crippen molar-refractivity contribution in [3.05, 3.63) is 52.8 Å². The summed E-state index contributed by atoms with van der Waals surface area (Å²) in [7, 11) is -0.335. The standard InChI is InChI=1S/C22H31Si.3ClH.Ti/c1-22(2,3)20-15-18(14-17-10-6-4-7-11-17)16-21(20)23-19-12-8-5-9-13-19;;;;/h5,8-9,12-13,17H,4,6-7,10-11,14,16,23H2,1-3H3;3*1H;/q-1;;;;+4/p-3. The van der Waals surface area contributed by atoms with Gasteiger partial charge in [-0.05, 0) is 27.3 Å². The normalized spacial score (nSPS) is 17.5. The molecule has 3 rings (SSSR count). The van der Waals surface area contributed by atoms with E-state index in [1.807, 2.05) is 0 Å². The minimum atomic E-state index is -0.335. The molecule has 0 atom stereocenters. The van der Waals surface area contributed by atoms with E-state index in [0.29, 0.717) is 0 Å². The van der Waals surface area contributed by atoms with Crippen LogP contribution in [0.15, 0.2) is 46.7 Å². The molecule has 5 heteroatoms. The van der Waals surface area contributed by atoms with Crippen LogP contribution in [0.4, 0.5) is 0 Å². The summed E-state index contributed by atoms with van der Waals surface area (Å²) in [5, 5.41) is 3.32. The van der Waals surface area contributed by atoms with E-state index < -0.39 is 0 Å². The van der Waals surface area contributed by atoms with Crippen molar-refractivity contribution in [1.29, 1.82) is 0 Å². The molecule has 0 aromatic heterocycles.